The Balaban J connectivity index is 1.89. The highest BCUT2D eigenvalue weighted by atomic mass is 16.7. The van der Waals surface area contributed by atoms with Crippen molar-refractivity contribution in [3.63, 3.8) is 0 Å². The molecule has 0 spiro atoms. The van der Waals surface area contributed by atoms with Crippen LogP contribution in [0, 0.1) is 11.8 Å². The van der Waals surface area contributed by atoms with Gasteiger partial charge in [-0.2, -0.15) is 0 Å². The number of carbonyl (C=O) groups excluding carboxylic acids is 1. The van der Waals surface area contributed by atoms with E-state index < -0.39 is 5.79 Å². The minimum absolute atomic E-state index is 0.0208. The molecule has 1 saturated heterocycles. The summed E-state index contributed by atoms with van der Waals surface area (Å²) in [6, 6.07) is 0. The predicted octanol–water partition coefficient (Wildman–Crippen LogP) is 2.67. The van der Waals surface area contributed by atoms with Crippen molar-refractivity contribution in [3.8, 4) is 0 Å². The largest absolute Gasteiger partial charge is 0.458 e. The lowest BCUT2D eigenvalue weighted by molar-refractivity contribution is -0.157. The van der Waals surface area contributed by atoms with Crippen LogP contribution in [0.15, 0.2) is 12.2 Å². The lowest BCUT2D eigenvalue weighted by Gasteiger charge is -2.33. The van der Waals surface area contributed by atoms with Crippen LogP contribution in [0.3, 0.4) is 0 Å². The van der Waals surface area contributed by atoms with Crippen molar-refractivity contribution >= 4 is 5.97 Å². The Kier molecular flexibility index (Phi) is 4.63. The quantitative estimate of drug-likeness (QED) is 0.719. The van der Waals surface area contributed by atoms with Crippen molar-refractivity contribution in [2.75, 3.05) is 13.2 Å². The molecule has 2 aliphatic heterocycles. The first-order chi connectivity index (χ1) is 9.04. The Labute approximate surface area is 115 Å². The molecular formula is C15H24O4. The first-order valence-corrected chi connectivity index (χ1v) is 7.21. The summed E-state index contributed by atoms with van der Waals surface area (Å²) in [7, 11) is 0. The summed E-state index contributed by atoms with van der Waals surface area (Å²) in [4.78, 5) is 11.4. The number of carbonyl (C=O) groups is 1. The molecule has 2 aliphatic rings. The molecule has 0 unspecified atom stereocenters. The fourth-order valence-corrected chi connectivity index (χ4v) is 2.83. The van der Waals surface area contributed by atoms with Gasteiger partial charge in [-0.3, -0.25) is 0 Å². The maximum atomic E-state index is 11.4. The van der Waals surface area contributed by atoms with Gasteiger partial charge in [0.05, 0.1) is 13.2 Å². The minimum atomic E-state index is -0.454. The fraction of sp³-hybridized carbons (Fsp3) is 0.800. The molecule has 0 aliphatic carbocycles. The number of cyclic esters (lactones) is 1. The molecule has 0 amide bonds. The number of esters is 1. The fourth-order valence-electron chi connectivity index (χ4n) is 2.83. The van der Waals surface area contributed by atoms with Gasteiger partial charge in [0, 0.05) is 18.4 Å². The summed E-state index contributed by atoms with van der Waals surface area (Å²) in [6.07, 6.45) is 6.26. The van der Waals surface area contributed by atoms with E-state index in [1.807, 2.05) is 13.0 Å². The zero-order valence-corrected chi connectivity index (χ0v) is 12.1. The molecule has 0 N–H and O–H groups in total. The van der Waals surface area contributed by atoms with Crippen molar-refractivity contribution in [2.24, 2.45) is 11.8 Å². The van der Waals surface area contributed by atoms with Crippen molar-refractivity contribution in [2.45, 2.75) is 51.9 Å². The average molecular weight is 268 g/mol. The van der Waals surface area contributed by atoms with E-state index in [1.165, 1.54) is 0 Å². The number of ether oxygens (including phenoxy) is 3. The van der Waals surface area contributed by atoms with Gasteiger partial charge in [0.1, 0.15) is 6.10 Å². The molecule has 0 saturated carbocycles. The Morgan fingerprint density at radius 3 is 2.74 bits per heavy atom. The number of hydrogen-bond acceptors (Lipinski definition) is 4. The monoisotopic (exact) mass is 268 g/mol. The molecule has 2 rings (SSSR count). The molecule has 0 aromatic carbocycles. The standard InChI is InChI=1S/C15H24O4/c1-4-12-5-6-13(16)19-14(12)11(2)7-8-15(3)17-9-10-18-15/h5-6,11-12,14H,4,7-10H2,1-3H3/t11-,12-,14-/m1/s1. The lowest BCUT2D eigenvalue weighted by Crippen LogP contribution is -2.36. The van der Waals surface area contributed by atoms with Crippen molar-refractivity contribution in [1.82, 2.24) is 0 Å². The zero-order valence-electron chi connectivity index (χ0n) is 12.1. The van der Waals surface area contributed by atoms with Crippen molar-refractivity contribution in [3.05, 3.63) is 12.2 Å². The van der Waals surface area contributed by atoms with Gasteiger partial charge in [-0.05, 0) is 25.7 Å². The average Bonchev–Trinajstić information content (AvgIpc) is 2.83. The van der Waals surface area contributed by atoms with Crippen molar-refractivity contribution < 1.29 is 19.0 Å². The molecule has 108 valence electrons. The molecule has 3 atom stereocenters. The van der Waals surface area contributed by atoms with Crippen LogP contribution in [0.25, 0.3) is 0 Å². The maximum absolute atomic E-state index is 11.4. The van der Waals surface area contributed by atoms with Crippen molar-refractivity contribution in [1.29, 1.82) is 0 Å². The highest BCUT2D eigenvalue weighted by molar-refractivity contribution is 5.83. The molecule has 4 heteroatoms. The third-order valence-electron chi connectivity index (χ3n) is 4.14. The van der Waals surface area contributed by atoms with Crippen LogP contribution >= 0.6 is 0 Å². The first kappa shape index (κ1) is 14.5. The zero-order chi connectivity index (χ0) is 13.9. The first-order valence-electron chi connectivity index (χ1n) is 7.21. The Morgan fingerprint density at radius 2 is 2.11 bits per heavy atom. The summed E-state index contributed by atoms with van der Waals surface area (Å²) in [6.45, 7) is 7.58. The topological polar surface area (TPSA) is 44.8 Å². The van der Waals surface area contributed by atoms with Crippen LogP contribution in [0.1, 0.15) is 40.0 Å². The van der Waals surface area contributed by atoms with Gasteiger partial charge in [-0.15, -0.1) is 0 Å². The van der Waals surface area contributed by atoms with E-state index in [0.29, 0.717) is 25.0 Å². The Morgan fingerprint density at radius 1 is 1.42 bits per heavy atom. The van der Waals surface area contributed by atoms with Gasteiger partial charge < -0.3 is 14.2 Å². The van der Waals surface area contributed by atoms with Crippen LogP contribution < -0.4 is 0 Å². The van der Waals surface area contributed by atoms with Gasteiger partial charge >= 0.3 is 5.97 Å². The highest BCUT2D eigenvalue weighted by Crippen LogP contribution is 2.31. The van der Waals surface area contributed by atoms with Gasteiger partial charge in [0.2, 0.25) is 0 Å². The summed E-state index contributed by atoms with van der Waals surface area (Å²) in [5.74, 6) is -0.0414. The molecule has 0 radical (unpaired) electrons. The molecule has 4 nitrogen and oxygen atoms in total. The molecule has 1 fully saturated rings. The van der Waals surface area contributed by atoms with E-state index in [0.717, 1.165) is 19.3 Å². The van der Waals surface area contributed by atoms with E-state index in [4.69, 9.17) is 14.2 Å². The number of rotatable bonds is 5. The lowest BCUT2D eigenvalue weighted by atomic mass is 9.85. The predicted molar refractivity (Wildman–Crippen MR) is 71.5 cm³/mol. The molecule has 19 heavy (non-hydrogen) atoms. The molecular weight excluding hydrogens is 244 g/mol. The van der Waals surface area contributed by atoms with E-state index in [9.17, 15) is 4.79 Å². The van der Waals surface area contributed by atoms with Gasteiger partial charge in [-0.25, -0.2) is 4.79 Å². The highest BCUT2D eigenvalue weighted by Gasteiger charge is 2.35. The second-order valence-corrected chi connectivity index (χ2v) is 5.68. The third kappa shape index (κ3) is 3.57. The van der Waals surface area contributed by atoms with Gasteiger partial charge in [0.15, 0.2) is 5.79 Å². The smallest absolute Gasteiger partial charge is 0.330 e. The minimum Gasteiger partial charge on any atom is -0.458 e. The molecule has 2 heterocycles. The normalized spacial score (nSPS) is 31.2. The molecule has 0 aromatic rings. The van der Waals surface area contributed by atoms with Crippen LogP contribution in [0.2, 0.25) is 0 Å². The molecule has 0 aromatic heterocycles. The van der Waals surface area contributed by atoms with E-state index in [2.05, 4.69) is 13.8 Å². The third-order valence-corrected chi connectivity index (χ3v) is 4.14. The second kappa shape index (κ2) is 6.06. The van der Waals surface area contributed by atoms with E-state index in [1.54, 1.807) is 6.08 Å². The Bertz CT molecular complexity index is 344. The number of hydrogen-bond donors (Lipinski definition) is 0. The maximum Gasteiger partial charge on any atom is 0.330 e. The van der Waals surface area contributed by atoms with E-state index >= 15 is 0 Å². The van der Waals surface area contributed by atoms with Crippen LogP contribution in [-0.2, 0) is 19.0 Å². The summed E-state index contributed by atoms with van der Waals surface area (Å²) < 4.78 is 16.7. The summed E-state index contributed by atoms with van der Waals surface area (Å²) in [5, 5.41) is 0. The van der Waals surface area contributed by atoms with Gasteiger partial charge in [0.25, 0.3) is 0 Å². The second-order valence-electron chi connectivity index (χ2n) is 5.68. The van der Waals surface area contributed by atoms with Gasteiger partial charge in [-0.1, -0.05) is 19.9 Å². The SMILES string of the molecule is CC[C@@H]1C=CC(=O)O[C@@H]1[C@H](C)CCC1(C)OCCO1. The van der Waals surface area contributed by atoms with Crippen LogP contribution in [-0.4, -0.2) is 31.1 Å². The summed E-state index contributed by atoms with van der Waals surface area (Å²) >= 11 is 0. The van der Waals surface area contributed by atoms with E-state index in [-0.39, 0.29) is 12.1 Å². The summed E-state index contributed by atoms with van der Waals surface area (Å²) in [5.41, 5.74) is 0. The van der Waals surface area contributed by atoms with Crippen LogP contribution in [0.5, 0.6) is 0 Å². The van der Waals surface area contributed by atoms with Crippen LogP contribution in [0.4, 0.5) is 0 Å². The Hall–Kier alpha value is -0.870. The molecule has 0 bridgehead atoms.